The summed E-state index contributed by atoms with van der Waals surface area (Å²) in [4.78, 5) is 15.5. The topological polar surface area (TPSA) is 81.5 Å². The maximum atomic E-state index is 12.9. The third-order valence-electron chi connectivity index (χ3n) is 5.65. The van der Waals surface area contributed by atoms with E-state index in [1.807, 2.05) is 6.07 Å². The Morgan fingerprint density at radius 1 is 1.03 bits per heavy atom. The summed E-state index contributed by atoms with van der Waals surface area (Å²) >= 11 is 1.54. The minimum atomic E-state index is -3.75. The molecule has 0 unspecified atom stereocenters. The van der Waals surface area contributed by atoms with Gasteiger partial charge in [-0.3, -0.25) is 4.79 Å². The fourth-order valence-corrected chi connectivity index (χ4v) is 6.40. The first-order valence-electron chi connectivity index (χ1n) is 10.0. The molecule has 4 rings (SSSR count). The van der Waals surface area contributed by atoms with E-state index in [4.69, 9.17) is 0 Å². The fourth-order valence-electron chi connectivity index (χ4n) is 3.98. The van der Waals surface area contributed by atoms with Gasteiger partial charge in [-0.05, 0) is 54.7 Å². The molecule has 1 saturated heterocycles. The Morgan fingerprint density at radius 2 is 1.77 bits per heavy atom. The Hall–Kier alpha value is -2.34. The highest BCUT2D eigenvalue weighted by Crippen LogP contribution is 2.28. The first kappa shape index (κ1) is 20.9. The maximum Gasteiger partial charge on any atom is 0.244 e. The molecule has 2 aromatic rings. The molecule has 1 fully saturated rings. The molecule has 0 spiro atoms. The van der Waals surface area contributed by atoms with Crippen molar-refractivity contribution in [2.24, 2.45) is 0 Å². The Bertz CT molecular complexity index is 1100. The second-order valence-corrected chi connectivity index (χ2v) is 10.4. The van der Waals surface area contributed by atoms with Crippen LogP contribution >= 0.6 is 11.8 Å². The number of carbonyl (C=O) groups excluding carboxylic acids is 1. The van der Waals surface area contributed by atoms with Crippen LogP contribution in [0.3, 0.4) is 0 Å². The number of rotatable bonds is 5. The van der Waals surface area contributed by atoms with Gasteiger partial charge in [-0.15, -0.1) is 11.8 Å². The Kier molecular flexibility index (Phi) is 6.14. The molecular formula is C22H23N3O3S2. The monoisotopic (exact) mass is 441 g/mol. The summed E-state index contributed by atoms with van der Waals surface area (Å²) in [7, 11) is -3.75. The molecule has 30 heavy (non-hydrogen) atoms. The van der Waals surface area contributed by atoms with E-state index in [1.54, 1.807) is 17.0 Å². The van der Waals surface area contributed by atoms with Crippen LogP contribution in [0.2, 0.25) is 0 Å². The minimum Gasteiger partial charge on any atom is -0.339 e. The van der Waals surface area contributed by atoms with E-state index in [0.717, 1.165) is 17.7 Å². The van der Waals surface area contributed by atoms with E-state index >= 15 is 0 Å². The summed E-state index contributed by atoms with van der Waals surface area (Å²) in [6.07, 6.45) is 3.46. The number of aryl methyl sites for hydroxylation is 2. The van der Waals surface area contributed by atoms with E-state index in [2.05, 4.69) is 18.2 Å². The first-order valence-corrected chi connectivity index (χ1v) is 12.4. The number of fused-ring (bicyclic) bond motifs is 1. The van der Waals surface area contributed by atoms with Crippen molar-refractivity contribution in [1.82, 2.24) is 9.21 Å². The molecule has 2 aliphatic rings. The fraction of sp³-hybridized carbons (Fsp3) is 0.364. The second-order valence-electron chi connectivity index (χ2n) is 7.47. The SMILES string of the molecule is N#Cc1ccccc1S(=O)(=O)N1CCN(C(=O)CSc2ccc3c(c2)CCC3)CC1. The van der Waals surface area contributed by atoms with Gasteiger partial charge in [0.2, 0.25) is 15.9 Å². The zero-order chi connectivity index (χ0) is 21.1. The van der Waals surface area contributed by atoms with Crippen molar-refractivity contribution < 1.29 is 13.2 Å². The van der Waals surface area contributed by atoms with Crippen molar-refractivity contribution >= 4 is 27.7 Å². The van der Waals surface area contributed by atoms with Crippen molar-refractivity contribution in [3.63, 3.8) is 0 Å². The van der Waals surface area contributed by atoms with Crippen LogP contribution in [0.4, 0.5) is 0 Å². The van der Waals surface area contributed by atoms with Gasteiger partial charge in [-0.25, -0.2) is 8.42 Å². The van der Waals surface area contributed by atoms with Gasteiger partial charge < -0.3 is 4.90 Å². The van der Waals surface area contributed by atoms with Crippen LogP contribution in [0.25, 0.3) is 0 Å². The summed E-state index contributed by atoms with van der Waals surface area (Å²) in [6, 6.07) is 14.6. The standard InChI is InChI=1S/C22H23N3O3S2/c23-15-19-4-1-2-7-21(19)30(27,28)25-12-10-24(11-13-25)22(26)16-29-20-9-8-17-5-3-6-18(17)14-20/h1-2,4,7-9,14H,3,5-6,10-13,16H2. The van der Waals surface area contributed by atoms with Crippen molar-refractivity contribution in [2.45, 2.75) is 29.1 Å². The van der Waals surface area contributed by atoms with Gasteiger partial charge in [0, 0.05) is 31.1 Å². The molecule has 156 valence electrons. The number of amides is 1. The van der Waals surface area contributed by atoms with Gasteiger partial charge in [0.15, 0.2) is 0 Å². The molecule has 0 bridgehead atoms. The predicted octanol–water partition coefficient (Wildman–Crippen LogP) is 2.67. The Morgan fingerprint density at radius 3 is 2.53 bits per heavy atom. The number of benzene rings is 2. The van der Waals surface area contributed by atoms with Gasteiger partial charge in [0.1, 0.15) is 6.07 Å². The number of piperazine rings is 1. The highest BCUT2D eigenvalue weighted by molar-refractivity contribution is 8.00. The third kappa shape index (κ3) is 4.24. The van der Waals surface area contributed by atoms with Crippen LogP contribution in [0.15, 0.2) is 52.3 Å². The van der Waals surface area contributed by atoms with E-state index < -0.39 is 10.0 Å². The van der Waals surface area contributed by atoms with E-state index in [0.29, 0.717) is 18.8 Å². The number of sulfonamides is 1. The summed E-state index contributed by atoms with van der Waals surface area (Å²) in [5, 5.41) is 9.21. The molecule has 2 aromatic carbocycles. The highest BCUT2D eigenvalue weighted by Gasteiger charge is 2.31. The van der Waals surface area contributed by atoms with E-state index in [9.17, 15) is 18.5 Å². The Balaban J connectivity index is 1.34. The van der Waals surface area contributed by atoms with Crippen molar-refractivity contribution in [2.75, 3.05) is 31.9 Å². The summed E-state index contributed by atoms with van der Waals surface area (Å²) in [6.45, 7) is 1.18. The lowest BCUT2D eigenvalue weighted by molar-refractivity contribution is -0.129. The summed E-state index contributed by atoms with van der Waals surface area (Å²) in [5.74, 6) is 0.373. The molecule has 1 amide bonds. The molecule has 1 heterocycles. The first-order chi connectivity index (χ1) is 14.5. The number of hydrogen-bond acceptors (Lipinski definition) is 5. The van der Waals surface area contributed by atoms with E-state index in [-0.39, 0.29) is 29.5 Å². The van der Waals surface area contributed by atoms with Crippen molar-refractivity contribution in [3.8, 4) is 6.07 Å². The van der Waals surface area contributed by atoms with Crippen LogP contribution < -0.4 is 0 Å². The maximum absolute atomic E-state index is 12.9. The number of hydrogen-bond donors (Lipinski definition) is 0. The number of nitriles is 1. The molecular weight excluding hydrogens is 418 g/mol. The van der Waals surface area contributed by atoms with Crippen LogP contribution in [-0.2, 0) is 27.7 Å². The minimum absolute atomic E-state index is 0.0231. The molecule has 8 heteroatoms. The third-order valence-corrected chi connectivity index (χ3v) is 8.58. The number of carbonyl (C=O) groups is 1. The van der Waals surface area contributed by atoms with Crippen molar-refractivity contribution in [1.29, 1.82) is 5.26 Å². The van der Waals surface area contributed by atoms with Crippen LogP contribution in [0, 0.1) is 11.3 Å². The molecule has 0 atom stereocenters. The van der Waals surface area contributed by atoms with E-state index in [1.165, 1.54) is 45.7 Å². The molecule has 1 aliphatic heterocycles. The van der Waals surface area contributed by atoms with Gasteiger partial charge in [-0.2, -0.15) is 9.57 Å². The molecule has 6 nitrogen and oxygen atoms in total. The molecule has 0 radical (unpaired) electrons. The van der Waals surface area contributed by atoms with Crippen LogP contribution in [-0.4, -0.2) is 55.5 Å². The highest BCUT2D eigenvalue weighted by atomic mass is 32.2. The number of nitrogens with zero attached hydrogens (tertiary/aromatic N) is 3. The van der Waals surface area contributed by atoms with Gasteiger partial charge in [-0.1, -0.05) is 18.2 Å². The summed E-state index contributed by atoms with van der Waals surface area (Å²) in [5.41, 5.74) is 2.95. The lowest BCUT2D eigenvalue weighted by atomic mass is 10.1. The molecule has 0 N–H and O–H groups in total. The Labute approximate surface area is 181 Å². The van der Waals surface area contributed by atoms with Gasteiger partial charge >= 0.3 is 0 Å². The van der Waals surface area contributed by atoms with Crippen molar-refractivity contribution in [3.05, 3.63) is 59.2 Å². The summed E-state index contributed by atoms with van der Waals surface area (Å²) < 4.78 is 27.2. The molecule has 0 aromatic heterocycles. The van der Waals surface area contributed by atoms with Gasteiger partial charge in [0.25, 0.3) is 0 Å². The van der Waals surface area contributed by atoms with Crippen LogP contribution in [0.1, 0.15) is 23.1 Å². The lowest BCUT2D eigenvalue weighted by Gasteiger charge is -2.34. The lowest BCUT2D eigenvalue weighted by Crippen LogP contribution is -2.51. The average Bonchev–Trinajstić information content (AvgIpc) is 3.25. The van der Waals surface area contributed by atoms with Crippen LogP contribution in [0.5, 0.6) is 0 Å². The molecule has 1 aliphatic carbocycles. The van der Waals surface area contributed by atoms with Gasteiger partial charge in [0.05, 0.1) is 16.2 Å². The smallest absolute Gasteiger partial charge is 0.244 e. The quantitative estimate of drug-likeness (QED) is 0.667. The zero-order valence-corrected chi connectivity index (χ0v) is 18.2. The normalized spacial score (nSPS) is 16.8. The average molecular weight is 442 g/mol. The largest absolute Gasteiger partial charge is 0.339 e. The molecule has 0 saturated carbocycles. The number of thioether (sulfide) groups is 1. The predicted molar refractivity (Wildman–Crippen MR) is 116 cm³/mol. The second kappa shape index (κ2) is 8.80. The zero-order valence-electron chi connectivity index (χ0n) is 16.6.